The van der Waals surface area contributed by atoms with Gasteiger partial charge in [-0.2, -0.15) is 0 Å². The molecule has 0 saturated carbocycles. The second-order valence-electron chi connectivity index (χ2n) is 24.2. The van der Waals surface area contributed by atoms with E-state index in [9.17, 15) is 19.4 Å². The van der Waals surface area contributed by atoms with Gasteiger partial charge in [0, 0.05) is 6.42 Å². The lowest BCUT2D eigenvalue weighted by atomic mass is 10.0. The standard InChI is InChI=1S/C73H131N2O6P/c1-6-8-10-12-14-16-18-20-22-24-26-28-30-32-34-36-37-39-41-43-45-47-49-51-53-55-57-59-61-63-65-67-73(77)74-71(70-81-82(78,79)80-69-68-75(3,4)5)72(76)66-64-62-60-58-56-54-52-50-48-46-44-42-40-38-35-33-31-29-27-25-23-21-19-17-15-13-11-9-7-2/h8,10,14,16,20,22,26,28,32,34,37,39,43,45,49,51,64,66,71-72,76H,6-7,9,11-13,15,17-19,21,23-25,27,29-31,33,35-36,38,40-42,44,46-48,50,52-63,65,67-70H2,1-5H3,(H-,74,77,78,79)/b10-8-,16-14-,22-20-,28-26-,34-32-,39-37-,45-43-,51-49-,66-64+. The van der Waals surface area contributed by atoms with Crippen molar-refractivity contribution < 1.29 is 32.9 Å². The van der Waals surface area contributed by atoms with Gasteiger partial charge in [-0.1, -0.05) is 316 Å². The lowest BCUT2D eigenvalue weighted by Crippen LogP contribution is -2.45. The van der Waals surface area contributed by atoms with Crippen LogP contribution in [0.5, 0.6) is 0 Å². The number of phosphoric acid groups is 1. The number of nitrogens with zero attached hydrogens (tertiary/aromatic N) is 1. The Morgan fingerprint density at radius 3 is 1.09 bits per heavy atom. The van der Waals surface area contributed by atoms with Crippen molar-refractivity contribution in [3.05, 3.63) is 109 Å². The fourth-order valence-electron chi connectivity index (χ4n) is 9.70. The van der Waals surface area contributed by atoms with E-state index in [0.29, 0.717) is 17.4 Å². The minimum absolute atomic E-state index is 0.00938. The van der Waals surface area contributed by atoms with Crippen LogP contribution in [0.3, 0.4) is 0 Å². The molecule has 0 aromatic rings. The average molecular weight is 1160 g/mol. The van der Waals surface area contributed by atoms with Gasteiger partial charge in [0.1, 0.15) is 13.2 Å². The first-order valence-corrected chi connectivity index (χ1v) is 35.7. The maximum Gasteiger partial charge on any atom is 0.268 e. The number of aliphatic hydroxyl groups is 1. The molecule has 2 N–H and O–H groups in total. The summed E-state index contributed by atoms with van der Waals surface area (Å²) in [5.41, 5.74) is 0. The zero-order valence-corrected chi connectivity index (χ0v) is 55.1. The lowest BCUT2D eigenvalue weighted by molar-refractivity contribution is -0.870. The molecular weight excluding hydrogens is 1030 g/mol. The second kappa shape index (κ2) is 62.7. The Bertz CT molecular complexity index is 1700. The molecule has 0 spiro atoms. The molecule has 3 unspecified atom stereocenters. The van der Waals surface area contributed by atoms with Crippen LogP contribution in [0.15, 0.2) is 109 Å². The fraction of sp³-hybridized carbons (Fsp3) is 0.740. The van der Waals surface area contributed by atoms with Crippen LogP contribution in [0.1, 0.15) is 296 Å². The molecule has 0 aromatic heterocycles. The number of hydrogen-bond donors (Lipinski definition) is 2. The summed E-state index contributed by atoms with van der Waals surface area (Å²) in [6, 6.07) is -0.905. The Kier molecular flexibility index (Phi) is 60.5. The number of carbonyl (C=O) groups excluding carboxylic acids is 1. The van der Waals surface area contributed by atoms with E-state index in [0.717, 1.165) is 109 Å². The Morgan fingerprint density at radius 2 is 0.744 bits per heavy atom. The van der Waals surface area contributed by atoms with Crippen molar-refractivity contribution in [2.24, 2.45) is 0 Å². The highest BCUT2D eigenvalue weighted by Gasteiger charge is 2.23. The van der Waals surface area contributed by atoms with Gasteiger partial charge in [0.15, 0.2) is 0 Å². The molecule has 474 valence electrons. The van der Waals surface area contributed by atoms with Gasteiger partial charge in [0.05, 0.1) is 39.9 Å². The third-order valence-electron chi connectivity index (χ3n) is 15.0. The van der Waals surface area contributed by atoms with Gasteiger partial charge >= 0.3 is 0 Å². The third kappa shape index (κ3) is 64.7. The van der Waals surface area contributed by atoms with E-state index in [1.54, 1.807) is 6.08 Å². The summed E-state index contributed by atoms with van der Waals surface area (Å²) in [7, 11) is 1.24. The molecule has 0 aliphatic rings. The molecule has 0 radical (unpaired) electrons. The molecule has 3 atom stereocenters. The third-order valence-corrected chi connectivity index (χ3v) is 16.0. The van der Waals surface area contributed by atoms with Gasteiger partial charge in [0.2, 0.25) is 5.91 Å². The number of amides is 1. The Morgan fingerprint density at radius 1 is 0.439 bits per heavy atom. The smallest absolute Gasteiger partial charge is 0.268 e. The van der Waals surface area contributed by atoms with Crippen molar-refractivity contribution in [3.63, 3.8) is 0 Å². The first-order valence-electron chi connectivity index (χ1n) is 34.2. The van der Waals surface area contributed by atoms with Gasteiger partial charge in [-0.15, -0.1) is 0 Å². The molecule has 0 aliphatic heterocycles. The van der Waals surface area contributed by atoms with Crippen molar-refractivity contribution in [2.45, 2.75) is 309 Å². The number of likely N-dealkylation sites (N-methyl/N-ethyl adjacent to an activating group) is 1. The van der Waals surface area contributed by atoms with E-state index >= 15 is 0 Å². The highest BCUT2D eigenvalue weighted by Crippen LogP contribution is 2.38. The van der Waals surface area contributed by atoms with Crippen molar-refractivity contribution in [3.8, 4) is 0 Å². The van der Waals surface area contributed by atoms with Crippen LogP contribution in [0.4, 0.5) is 0 Å². The molecule has 0 bridgehead atoms. The molecule has 8 nitrogen and oxygen atoms in total. The Labute approximate surface area is 508 Å². The molecule has 0 aliphatic carbocycles. The summed E-state index contributed by atoms with van der Waals surface area (Å²) < 4.78 is 23.4. The van der Waals surface area contributed by atoms with Crippen LogP contribution in [-0.4, -0.2) is 68.5 Å². The van der Waals surface area contributed by atoms with Gasteiger partial charge in [-0.05, 0) is 83.5 Å². The number of unbranched alkanes of at least 4 members (excludes halogenated alkanes) is 33. The SMILES string of the molecule is CC/C=C\C/C=C\C/C=C\C/C=C\C/C=C\C/C=C\C/C=C\C/C=C\CCCCCCCCC(=O)NC(COP(=O)([O-])OCC[N+](C)(C)C)C(O)/C=C/CCCCCCCCCCCCCCCCCCCCCCCCCCCCC. The van der Waals surface area contributed by atoms with E-state index in [2.05, 4.69) is 116 Å². The number of quaternary nitrogens is 1. The number of allylic oxidation sites excluding steroid dienone is 17. The number of rotatable bonds is 62. The van der Waals surface area contributed by atoms with E-state index in [1.165, 1.54) is 167 Å². The van der Waals surface area contributed by atoms with Gasteiger partial charge < -0.3 is 28.8 Å². The normalized spacial score (nSPS) is 14.4. The predicted molar refractivity (Wildman–Crippen MR) is 357 cm³/mol. The topological polar surface area (TPSA) is 108 Å². The molecule has 9 heteroatoms. The minimum atomic E-state index is -4.62. The van der Waals surface area contributed by atoms with Crippen molar-refractivity contribution in [1.29, 1.82) is 0 Å². The predicted octanol–water partition coefficient (Wildman–Crippen LogP) is 21.2. The van der Waals surface area contributed by atoms with Crippen molar-refractivity contribution in [1.82, 2.24) is 5.32 Å². The van der Waals surface area contributed by atoms with Crippen LogP contribution >= 0.6 is 7.82 Å². The molecule has 0 heterocycles. The number of aliphatic hydroxyl groups excluding tert-OH is 1. The summed E-state index contributed by atoms with van der Waals surface area (Å²) in [5.74, 6) is -0.213. The van der Waals surface area contributed by atoms with Crippen LogP contribution in [0.25, 0.3) is 0 Å². The van der Waals surface area contributed by atoms with E-state index in [-0.39, 0.29) is 12.5 Å². The average Bonchev–Trinajstić information content (AvgIpc) is 3.47. The minimum Gasteiger partial charge on any atom is -0.756 e. The monoisotopic (exact) mass is 1160 g/mol. The number of hydrogen-bond acceptors (Lipinski definition) is 6. The molecule has 82 heavy (non-hydrogen) atoms. The Hall–Kier alpha value is -2.84. The summed E-state index contributed by atoms with van der Waals surface area (Å²) in [5, 5.41) is 14.0. The molecule has 1 amide bonds. The maximum absolute atomic E-state index is 13.0. The van der Waals surface area contributed by atoms with Crippen LogP contribution in [0, 0.1) is 0 Å². The highest BCUT2D eigenvalue weighted by atomic mass is 31.2. The fourth-order valence-corrected chi connectivity index (χ4v) is 10.4. The second-order valence-corrected chi connectivity index (χ2v) is 25.6. The molecule has 0 aromatic carbocycles. The zero-order chi connectivity index (χ0) is 59.8. The van der Waals surface area contributed by atoms with Crippen molar-refractivity contribution >= 4 is 13.7 Å². The quantitative estimate of drug-likeness (QED) is 0.0272. The van der Waals surface area contributed by atoms with Crippen LogP contribution in [0.2, 0.25) is 0 Å². The summed E-state index contributed by atoms with van der Waals surface area (Å²) in [6.45, 7) is 4.54. The van der Waals surface area contributed by atoms with E-state index in [1.807, 2.05) is 27.2 Å². The van der Waals surface area contributed by atoms with E-state index in [4.69, 9.17) is 9.05 Å². The molecule has 0 rings (SSSR count). The van der Waals surface area contributed by atoms with Gasteiger partial charge in [-0.25, -0.2) is 0 Å². The van der Waals surface area contributed by atoms with E-state index < -0.39 is 26.6 Å². The van der Waals surface area contributed by atoms with Gasteiger partial charge in [-0.3, -0.25) is 9.36 Å². The largest absolute Gasteiger partial charge is 0.756 e. The molecular formula is C73H131N2O6P. The van der Waals surface area contributed by atoms with Gasteiger partial charge in [0.25, 0.3) is 7.82 Å². The Balaban J connectivity index is 4.18. The molecule has 0 fully saturated rings. The summed E-state index contributed by atoms with van der Waals surface area (Å²) in [4.78, 5) is 25.6. The maximum atomic E-state index is 13.0. The highest BCUT2D eigenvalue weighted by molar-refractivity contribution is 7.45. The number of phosphoric ester groups is 1. The first kappa shape index (κ1) is 79.2. The summed E-state index contributed by atoms with van der Waals surface area (Å²) in [6.07, 6.45) is 92.0. The summed E-state index contributed by atoms with van der Waals surface area (Å²) >= 11 is 0. The van der Waals surface area contributed by atoms with Crippen LogP contribution < -0.4 is 10.2 Å². The lowest BCUT2D eigenvalue weighted by Gasteiger charge is -2.29. The zero-order valence-electron chi connectivity index (χ0n) is 54.2. The first-order chi connectivity index (χ1) is 40.0. The molecule has 0 saturated heterocycles. The van der Waals surface area contributed by atoms with Crippen LogP contribution in [-0.2, 0) is 18.4 Å². The number of carbonyl (C=O) groups is 1. The number of nitrogens with one attached hydrogen (secondary N) is 1. The van der Waals surface area contributed by atoms with Crippen molar-refractivity contribution in [2.75, 3.05) is 40.9 Å².